The van der Waals surface area contributed by atoms with Crippen LogP contribution in [0.5, 0.6) is 0 Å². The standard InChI is InChI=1S/C36H40FN3O5/c1-5-40(6-2)29-21-30-28(32(35(43)38-4)33(45-30)23-14-16-26(37)17-15-23)20-27(29)24-11-10-12-25(19-24)34(42)39-31-13-8-9-18-36(31,22-41)44-7-3/h10-12,14-17,19-22,31H,5-9,13,18H2,1-4H3,(H,38,43)(H,39,42)/t31-,36?/m0/s1. The van der Waals surface area contributed by atoms with Gasteiger partial charge in [0.15, 0.2) is 6.29 Å². The number of hydrogen-bond acceptors (Lipinski definition) is 6. The van der Waals surface area contributed by atoms with Gasteiger partial charge in [-0.15, -0.1) is 0 Å². The third kappa shape index (κ3) is 6.22. The Hall–Kier alpha value is -4.50. The number of hydrogen-bond donors (Lipinski definition) is 2. The van der Waals surface area contributed by atoms with Crippen LogP contribution in [-0.2, 0) is 9.53 Å². The molecule has 0 radical (unpaired) electrons. The lowest BCUT2D eigenvalue weighted by Gasteiger charge is -2.40. The number of benzene rings is 3. The molecule has 2 amide bonds. The van der Waals surface area contributed by atoms with Crippen LogP contribution in [0.25, 0.3) is 33.4 Å². The van der Waals surface area contributed by atoms with Crippen LogP contribution in [0.2, 0.25) is 0 Å². The Kier molecular flexibility index (Phi) is 9.68. The molecule has 1 aromatic heterocycles. The number of fused-ring (bicyclic) bond motifs is 1. The maximum absolute atomic E-state index is 13.7. The summed E-state index contributed by atoms with van der Waals surface area (Å²) in [6.45, 7) is 7.79. The van der Waals surface area contributed by atoms with Crippen LogP contribution in [0, 0.1) is 5.82 Å². The van der Waals surface area contributed by atoms with Crippen molar-refractivity contribution >= 4 is 34.8 Å². The van der Waals surface area contributed by atoms with Gasteiger partial charge in [0.25, 0.3) is 11.8 Å². The monoisotopic (exact) mass is 613 g/mol. The molecule has 8 nitrogen and oxygen atoms in total. The van der Waals surface area contributed by atoms with E-state index in [-0.39, 0.29) is 17.6 Å². The number of amides is 2. The zero-order chi connectivity index (χ0) is 32.1. The van der Waals surface area contributed by atoms with E-state index in [0.29, 0.717) is 52.9 Å². The molecule has 0 bridgehead atoms. The molecule has 45 heavy (non-hydrogen) atoms. The summed E-state index contributed by atoms with van der Waals surface area (Å²) in [5.74, 6) is -0.651. The van der Waals surface area contributed by atoms with E-state index in [9.17, 15) is 18.8 Å². The summed E-state index contributed by atoms with van der Waals surface area (Å²) < 4.78 is 25.9. The van der Waals surface area contributed by atoms with E-state index in [2.05, 4.69) is 29.4 Å². The molecule has 1 aliphatic rings. The van der Waals surface area contributed by atoms with Gasteiger partial charge in [0.1, 0.15) is 22.8 Å². The van der Waals surface area contributed by atoms with E-state index in [1.165, 1.54) is 12.1 Å². The lowest BCUT2D eigenvalue weighted by molar-refractivity contribution is -0.139. The molecule has 9 heteroatoms. The Morgan fingerprint density at radius 2 is 1.78 bits per heavy atom. The lowest BCUT2D eigenvalue weighted by Crippen LogP contribution is -2.57. The zero-order valence-corrected chi connectivity index (χ0v) is 26.2. The highest BCUT2D eigenvalue weighted by Crippen LogP contribution is 2.41. The first-order valence-electron chi connectivity index (χ1n) is 15.6. The Bertz CT molecular complexity index is 1690. The Morgan fingerprint density at radius 1 is 1.02 bits per heavy atom. The van der Waals surface area contributed by atoms with Gasteiger partial charge in [-0.2, -0.15) is 0 Å². The molecule has 2 atom stereocenters. The predicted molar refractivity (Wildman–Crippen MR) is 174 cm³/mol. The summed E-state index contributed by atoms with van der Waals surface area (Å²) in [4.78, 5) is 41.2. The summed E-state index contributed by atoms with van der Waals surface area (Å²) in [5.41, 5.74) is 3.37. The molecule has 1 aliphatic carbocycles. The topological polar surface area (TPSA) is 101 Å². The first-order chi connectivity index (χ1) is 21.8. The van der Waals surface area contributed by atoms with Gasteiger partial charge in [0, 0.05) is 60.6 Å². The molecule has 0 aliphatic heterocycles. The second-order valence-corrected chi connectivity index (χ2v) is 11.3. The normalized spacial score (nSPS) is 18.0. The molecule has 3 aromatic carbocycles. The Morgan fingerprint density at radius 3 is 2.44 bits per heavy atom. The molecule has 0 spiro atoms. The smallest absolute Gasteiger partial charge is 0.255 e. The average Bonchev–Trinajstić information content (AvgIpc) is 3.44. The highest BCUT2D eigenvalue weighted by molar-refractivity contribution is 6.13. The molecule has 2 N–H and O–H groups in total. The number of furan rings is 1. The average molecular weight is 614 g/mol. The number of nitrogens with one attached hydrogen (secondary N) is 2. The van der Waals surface area contributed by atoms with E-state index in [1.54, 1.807) is 25.2 Å². The maximum atomic E-state index is 13.7. The molecule has 1 saturated carbocycles. The third-order valence-electron chi connectivity index (χ3n) is 8.72. The largest absolute Gasteiger partial charge is 0.455 e. The second-order valence-electron chi connectivity index (χ2n) is 11.3. The highest BCUT2D eigenvalue weighted by Gasteiger charge is 2.42. The van der Waals surface area contributed by atoms with Crippen LogP contribution in [0.1, 0.15) is 67.2 Å². The molecular formula is C36H40FN3O5. The van der Waals surface area contributed by atoms with Gasteiger partial charge >= 0.3 is 0 Å². The summed E-state index contributed by atoms with van der Waals surface area (Å²) in [7, 11) is 1.56. The Balaban J connectivity index is 1.62. The van der Waals surface area contributed by atoms with Gasteiger partial charge in [-0.3, -0.25) is 9.59 Å². The summed E-state index contributed by atoms with van der Waals surface area (Å²) in [6, 6.07) is 16.6. The van der Waals surface area contributed by atoms with Crippen LogP contribution in [0.4, 0.5) is 10.1 Å². The van der Waals surface area contributed by atoms with Crippen LogP contribution in [-0.4, -0.2) is 56.5 Å². The molecule has 4 aromatic rings. The van der Waals surface area contributed by atoms with Crippen LogP contribution in [0.3, 0.4) is 0 Å². The van der Waals surface area contributed by atoms with Crippen molar-refractivity contribution in [3.63, 3.8) is 0 Å². The molecule has 236 valence electrons. The Labute approximate surface area is 262 Å². The van der Waals surface area contributed by atoms with Crippen molar-refractivity contribution in [1.29, 1.82) is 0 Å². The quantitative estimate of drug-likeness (QED) is 0.181. The summed E-state index contributed by atoms with van der Waals surface area (Å²) >= 11 is 0. The molecule has 1 fully saturated rings. The van der Waals surface area contributed by atoms with Crippen molar-refractivity contribution in [2.45, 2.75) is 58.1 Å². The molecule has 1 heterocycles. The van der Waals surface area contributed by atoms with E-state index < -0.39 is 11.6 Å². The van der Waals surface area contributed by atoms with Gasteiger partial charge in [-0.25, -0.2) is 4.39 Å². The van der Waals surface area contributed by atoms with Gasteiger partial charge < -0.3 is 29.5 Å². The van der Waals surface area contributed by atoms with Crippen molar-refractivity contribution in [2.24, 2.45) is 0 Å². The number of nitrogens with zero attached hydrogens (tertiary/aromatic N) is 1. The highest BCUT2D eigenvalue weighted by atomic mass is 19.1. The van der Waals surface area contributed by atoms with Crippen molar-refractivity contribution in [2.75, 3.05) is 31.6 Å². The third-order valence-corrected chi connectivity index (χ3v) is 8.72. The van der Waals surface area contributed by atoms with Crippen molar-refractivity contribution in [3.05, 3.63) is 77.6 Å². The first-order valence-corrected chi connectivity index (χ1v) is 15.6. The minimum Gasteiger partial charge on any atom is -0.455 e. The number of anilines is 1. The number of carbonyl (C=O) groups excluding carboxylic acids is 3. The predicted octanol–water partition coefficient (Wildman–Crippen LogP) is 6.76. The van der Waals surface area contributed by atoms with E-state index in [1.807, 2.05) is 37.3 Å². The summed E-state index contributed by atoms with van der Waals surface area (Å²) in [5, 5.41) is 6.40. The van der Waals surface area contributed by atoms with E-state index in [4.69, 9.17) is 9.15 Å². The number of halogens is 1. The number of ether oxygens (including phenoxy) is 1. The van der Waals surface area contributed by atoms with Crippen LogP contribution < -0.4 is 15.5 Å². The fraction of sp³-hybridized carbons (Fsp3) is 0.361. The second kappa shape index (κ2) is 13.6. The van der Waals surface area contributed by atoms with Gasteiger partial charge in [0.2, 0.25) is 0 Å². The van der Waals surface area contributed by atoms with E-state index in [0.717, 1.165) is 49.0 Å². The summed E-state index contributed by atoms with van der Waals surface area (Å²) in [6.07, 6.45) is 3.84. The van der Waals surface area contributed by atoms with Crippen LogP contribution >= 0.6 is 0 Å². The van der Waals surface area contributed by atoms with Crippen molar-refractivity contribution < 1.29 is 27.9 Å². The lowest BCUT2D eigenvalue weighted by atomic mass is 9.81. The van der Waals surface area contributed by atoms with Crippen LogP contribution in [0.15, 0.2) is 65.1 Å². The first kappa shape index (κ1) is 31.9. The van der Waals surface area contributed by atoms with Gasteiger partial charge in [-0.1, -0.05) is 18.6 Å². The SMILES string of the molecule is CCOC1(C=O)CCCC[C@@H]1NC(=O)c1cccc(-c2cc3c(C(=O)NC)c(-c4ccc(F)cc4)oc3cc2N(CC)CC)c1. The minimum atomic E-state index is -1.03. The fourth-order valence-corrected chi connectivity index (χ4v) is 6.39. The number of aldehydes is 1. The maximum Gasteiger partial charge on any atom is 0.255 e. The fourth-order valence-electron chi connectivity index (χ4n) is 6.39. The molecule has 1 unspecified atom stereocenters. The zero-order valence-electron chi connectivity index (χ0n) is 26.2. The van der Waals surface area contributed by atoms with E-state index >= 15 is 0 Å². The number of rotatable bonds is 11. The van der Waals surface area contributed by atoms with Crippen molar-refractivity contribution in [3.8, 4) is 22.5 Å². The number of carbonyl (C=O) groups is 3. The van der Waals surface area contributed by atoms with Crippen molar-refractivity contribution in [1.82, 2.24) is 10.6 Å². The van der Waals surface area contributed by atoms with Gasteiger partial charge in [0.05, 0.1) is 11.6 Å². The van der Waals surface area contributed by atoms with Gasteiger partial charge in [-0.05, 0) is 88.1 Å². The minimum absolute atomic E-state index is 0.284. The molecule has 0 saturated heterocycles. The molecular weight excluding hydrogens is 573 g/mol. The molecule has 5 rings (SSSR count).